The predicted molar refractivity (Wildman–Crippen MR) is 139 cm³/mol. The van der Waals surface area contributed by atoms with Crippen LogP contribution in [0.25, 0.3) is 0 Å². The van der Waals surface area contributed by atoms with Crippen LogP contribution in [-0.4, -0.2) is 12.2 Å². The molecule has 1 aliphatic heterocycles. The zero-order valence-corrected chi connectivity index (χ0v) is 21.2. The number of hydrogen-bond donors (Lipinski definition) is 2. The Morgan fingerprint density at radius 3 is 2.34 bits per heavy atom. The van der Waals surface area contributed by atoms with Crippen molar-refractivity contribution < 1.29 is 17.9 Å². The van der Waals surface area contributed by atoms with Crippen LogP contribution in [0.2, 0.25) is 0 Å². The van der Waals surface area contributed by atoms with Gasteiger partial charge in [-0.3, -0.25) is 0 Å². The first-order chi connectivity index (χ1) is 16.6. The lowest BCUT2D eigenvalue weighted by atomic mass is 10.0. The zero-order valence-electron chi connectivity index (χ0n) is 21.2. The highest BCUT2D eigenvalue weighted by molar-refractivity contribution is 6.06. The van der Waals surface area contributed by atoms with Gasteiger partial charge in [0.2, 0.25) is 0 Å². The summed E-state index contributed by atoms with van der Waals surface area (Å²) in [4.78, 5) is 4.66. The van der Waals surface area contributed by atoms with Crippen molar-refractivity contribution in [1.29, 1.82) is 0 Å². The number of nitrogens with zero attached hydrogens (tertiary/aromatic N) is 1. The van der Waals surface area contributed by atoms with Gasteiger partial charge in [-0.15, -0.1) is 13.2 Å². The molecular formula is C28H36F3N3O. The molecule has 1 unspecified atom stereocenters. The molecule has 0 amide bonds. The van der Waals surface area contributed by atoms with Crippen LogP contribution in [0.3, 0.4) is 0 Å². The number of hydrogen-bond acceptors (Lipinski definition) is 4. The summed E-state index contributed by atoms with van der Waals surface area (Å²) in [5.74, 6) is 0.250. The second kappa shape index (κ2) is 13.0. The summed E-state index contributed by atoms with van der Waals surface area (Å²) >= 11 is 0. The molecule has 0 saturated carbocycles. The fraction of sp³-hybridized carbons (Fsp3) is 0.393. The highest BCUT2D eigenvalue weighted by atomic mass is 19.4. The number of alkyl halides is 3. The van der Waals surface area contributed by atoms with E-state index < -0.39 is 12.5 Å². The first-order valence-corrected chi connectivity index (χ1v) is 12.0. The lowest BCUT2D eigenvalue weighted by Gasteiger charge is -2.29. The monoisotopic (exact) mass is 487 g/mol. The summed E-state index contributed by atoms with van der Waals surface area (Å²) in [6.07, 6.45) is 1.16. The summed E-state index contributed by atoms with van der Waals surface area (Å²) < 4.78 is 43.0. The van der Waals surface area contributed by atoms with E-state index in [-0.39, 0.29) is 5.75 Å². The van der Waals surface area contributed by atoms with Gasteiger partial charge in [-0.05, 0) is 44.0 Å². The number of allylic oxidation sites excluding steroid dienone is 2. The van der Waals surface area contributed by atoms with Gasteiger partial charge in [0, 0.05) is 16.8 Å². The number of unbranched alkanes of at least 4 members (excludes halogenated alkanes) is 2. The number of halogens is 3. The molecule has 1 heterocycles. The summed E-state index contributed by atoms with van der Waals surface area (Å²) in [6.45, 7) is 14.4. The standard InChI is InChI=1S/C23H24F3N3O.C5H12/c1-5-16-9-8-11-18-20(16)28-21(29-22(18)27-15(4)13-14(2)3)17-10-6-7-12-19(17)30-23(24,25)26;1-3-5-4-2/h6-13,21,28H,4-5H2,1-3H3,(H,27,29);3-5H2,1-2H3. The minimum Gasteiger partial charge on any atom is -0.405 e. The molecule has 2 aromatic carbocycles. The fourth-order valence-corrected chi connectivity index (χ4v) is 3.69. The minimum absolute atomic E-state index is 0.286. The Hall–Kier alpha value is -3.22. The third-order valence-electron chi connectivity index (χ3n) is 5.21. The average Bonchev–Trinajstić information content (AvgIpc) is 2.78. The van der Waals surface area contributed by atoms with E-state index in [1.165, 1.54) is 31.4 Å². The SMILES string of the molecule is C=C(C=C(C)C)NC1=NC(c2ccccc2OC(F)(F)F)Nc2c(CC)cccc21.CCCCC. The Labute approximate surface area is 207 Å². The number of nitrogens with one attached hydrogen (secondary N) is 2. The molecule has 2 aromatic rings. The van der Waals surface area contributed by atoms with Crippen LogP contribution in [0.15, 0.2) is 71.4 Å². The van der Waals surface area contributed by atoms with Crippen molar-refractivity contribution in [1.82, 2.24) is 5.32 Å². The van der Waals surface area contributed by atoms with Crippen LogP contribution in [0, 0.1) is 0 Å². The van der Waals surface area contributed by atoms with Crippen molar-refractivity contribution in [2.45, 2.75) is 72.8 Å². The van der Waals surface area contributed by atoms with E-state index >= 15 is 0 Å². The number of anilines is 1. The third kappa shape index (κ3) is 8.50. The number of rotatable bonds is 7. The molecule has 4 nitrogen and oxygen atoms in total. The fourth-order valence-electron chi connectivity index (χ4n) is 3.69. The van der Waals surface area contributed by atoms with Crippen LogP contribution in [0.1, 0.15) is 76.7 Å². The molecule has 0 saturated heterocycles. The van der Waals surface area contributed by atoms with Crippen LogP contribution >= 0.6 is 0 Å². The Morgan fingerprint density at radius 1 is 1.09 bits per heavy atom. The van der Waals surface area contributed by atoms with Crippen molar-refractivity contribution >= 4 is 11.5 Å². The van der Waals surface area contributed by atoms with Crippen molar-refractivity contribution in [3.8, 4) is 5.75 Å². The van der Waals surface area contributed by atoms with Gasteiger partial charge < -0.3 is 15.4 Å². The number of benzene rings is 2. The van der Waals surface area contributed by atoms with Crippen molar-refractivity contribution in [2.24, 2.45) is 4.99 Å². The molecule has 2 N–H and O–H groups in total. The Balaban J connectivity index is 0.000000784. The van der Waals surface area contributed by atoms with Gasteiger partial charge in [0.1, 0.15) is 11.6 Å². The number of ether oxygens (including phenoxy) is 1. The van der Waals surface area contributed by atoms with Gasteiger partial charge in [0.15, 0.2) is 6.17 Å². The quantitative estimate of drug-likeness (QED) is 0.386. The second-order valence-corrected chi connectivity index (χ2v) is 8.53. The van der Waals surface area contributed by atoms with Crippen molar-refractivity contribution in [3.63, 3.8) is 0 Å². The number of amidine groups is 1. The van der Waals surface area contributed by atoms with Crippen LogP contribution in [0.4, 0.5) is 18.9 Å². The molecular weight excluding hydrogens is 451 g/mol. The molecule has 0 spiro atoms. The molecule has 1 aliphatic rings. The largest absolute Gasteiger partial charge is 0.573 e. The molecule has 0 fully saturated rings. The van der Waals surface area contributed by atoms with Gasteiger partial charge in [-0.25, -0.2) is 4.99 Å². The second-order valence-electron chi connectivity index (χ2n) is 8.53. The minimum atomic E-state index is -4.79. The average molecular weight is 488 g/mol. The first kappa shape index (κ1) is 28.0. The molecule has 3 rings (SSSR count). The van der Waals surface area contributed by atoms with E-state index in [0.29, 0.717) is 17.1 Å². The molecule has 7 heteroatoms. The number of para-hydroxylation sites is 2. The number of fused-ring (bicyclic) bond motifs is 1. The maximum Gasteiger partial charge on any atom is 0.573 e. The van der Waals surface area contributed by atoms with Crippen LogP contribution in [0.5, 0.6) is 5.75 Å². The molecule has 0 radical (unpaired) electrons. The van der Waals surface area contributed by atoms with Crippen molar-refractivity contribution in [2.75, 3.05) is 5.32 Å². The number of aliphatic imine (C=N–C) groups is 1. The summed E-state index contributed by atoms with van der Waals surface area (Å²) in [5, 5.41) is 6.48. The molecule has 0 aliphatic carbocycles. The summed E-state index contributed by atoms with van der Waals surface area (Å²) in [5.41, 5.74) is 4.69. The highest BCUT2D eigenvalue weighted by Crippen LogP contribution is 2.37. The maximum absolute atomic E-state index is 12.9. The topological polar surface area (TPSA) is 45.7 Å². The van der Waals surface area contributed by atoms with Gasteiger partial charge >= 0.3 is 6.36 Å². The van der Waals surface area contributed by atoms with Gasteiger partial charge in [-0.1, -0.05) is 82.5 Å². The van der Waals surface area contributed by atoms with Crippen molar-refractivity contribution in [3.05, 3.63) is 83.1 Å². The van der Waals surface area contributed by atoms with Gasteiger partial charge in [0.05, 0.1) is 5.69 Å². The van der Waals surface area contributed by atoms with E-state index in [4.69, 9.17) is 0 Å². The van der Waals surface area contributed by atoms with E-state index in [2.05, 4.69) is 40.8 Å². The van der Waals surface area contributed by atoms with Crippen LogP contribution < -0.4 is 15.4 Å². The lowest BCUT2D eigenvalue weighted by Crippen LogP contribution is -2.31. The summed E-state index contributed by atoms with van der Waals surface area (Å²) in [6, 6.07) is 11.8. The van der Waals surface area contributed by atoms with E-state index in [1.54, 1.807) is 12.1 Å². The van der Waals surface area contributed by atoms with Gasteiger partial charge in [-0.2, -0.15) is 0 Å². The Morgan fingerprint density at radius 2 is 1.77 bits per heavy atom. The lowest BCUT2D eigenvalue weighted by molar-refractivity contribution is -0.274. The van der Waals surface area contributed by atoms with E-state index in [0.717, 1.165) is 28.8 Å². The van der Waals surface area contributed by atoms with Crippen LogP contribution in [-0.2, 0) is 6.42 Å². The maximum atomic E-state index is 12.9. The smallest absolute Gasteiger partial charge is 0.405 e. The first-order valence-electron chi connectivity index (χ1n) is 12.0. The molecule has 0 bridgehead atoms. The molecule has 1 atom stereocenters. The summed E-state index contributed by atoms with van der Waals surface area (Å²) in [7, 11) is 0. The van der Waals surface area contributed by atoms with E-state index in [9.17, 15) is 13.2 Å². The Kier molecular flexibility index (Phi) is 10.4. The highest BCUT2D eigenvalue weighted by Gasteiger charge is 2.34. The Bertz CT molecular complexity index is 1050. The molecule has 190 valence electrons. The third-order valence-corrected chi connectivity index (χ3v) is 5.21. The predicted octanol–water partition coefficient (Wildman–Crippen LogP) is 8.28. The normalized spacial score (nSPS) is 14.4. The zero-order chi connectivity index (χ0) is 26.0. The van der Waals surface area contributed by atoms with E-state index in [1.807, 2.05) is 45.0 Å². The van der Waals surface area contributed by atoms with Gasteiger partial charge in [0.25, 0.3) is 0 Å². The molecule has 0 aromatic heterocycles. The molecule has 35 heavy (non-hydrogen) atoms. The number of aryl methyl sites for hydroxylation is 1.